The summed E-state index contributed by atoms with van der Waals surface area (Å²) in [4.78, 5) is 32.3. The van der Waals surface area contributed by atoms with E-state index in [0.717, 1.165) is 50.6 Å². The molecular weight excluding hydrogens is 679 g/mol. The third-order valence-electron chi connectivity index (χ3n) is 9.05. The van der Waals surface area contributed by atoms with Crippen molar-refractivity contribution in [3.05, 3.63) is 103 Å². The monoisotopic (exact) mass is 720 g/mol. The van der Waals surface area contributed by atoms with Crippen LogP contribution in [0.1, 0.15) is 41.5 Å². The van der Waals surface area contributed by atoms with E-state index < -0.39 is 7.12 Å². The molecular formula is C38H42BClN8O4. The van der Waals surface area contributed by atoms with Gasteiger partial charge in [-0.1, -0.05) is 35.9 Å². The number of hydrogen-bond donors (Lipinski definition) is 4. The summed E-state index contributed by atoms with van der Waals surface area (Å²) in [7, 11) is -0.426. The molecule has 4 amide bonds. The van der Waals surface area contributed by atoms with Gasteiger partial charge in [-0.15, -0.1) is 0 Å². The Morgan fingerprint density at radius 1 is 0.712 bits per heavy atom. The maximum Gasteiger partial charge on any atom is 0.495 e. The van der Waals surface area contributed by atoms with Crippen LogP contribution in [0.15, 0.2) is 97.6 Å². The molecule has 0 atom stereocenters. The normalized spacial score (nSPS) is 14.5. The molecule has 1 fully saturated rings. The van der Waals surface area contributed by atoms with Gasteiger partial charge in [-0.3, -0.25) is 8.80 Å². The summed E-state index contributed by atoms with van der Waals surface area (Å²) in [6.07, 6.45) is 7.47. The van der Waals surface area contributed by atoms with Gasteiger partial charge in [-0.2, -0.15) is 0 Å². The number of anilines is 2. The number of nitrogens with zero attached hydrogens (tertiary/aromatic N) is 4. The van der Waals surface area contributed by atoms with Gasteiger partial charge in [-0.05, 0) is 89.5 Å². The highest BCUT2D eigenvalue weighted by Crippen LogP contribution is 2.36. The number of halogens is 1. The van der Waals surface area contributed by atoms with Crippen molar-refractivity contribution in [3.8, 4) is 22.5 Å². The second-order valence-corrected chi connectivity index (χ2v) is 13.7. The molecule has 0 bridgehead atoms. The number of carbonyl (C=O) groups is 2. The number of fused-ring (bicyclic) bond motifs is 2. The maximum absolute atomic E-state index is 11.8. The molecule has 1 aliphatic rings. The first kappa shape index (κ1) is 36.4. The third kappa shape index (κ3) is 7.91. The molecule has 4 N–H and O–H groups in total. The van der Waals surface area contributed by atoms with E-state index in [-0.39, 0.29) is 23.3 Å². The number of nitrogens with one attached hydrogen (secondary N) is 4. The predicted molar refractivity (Wildman–Crippen MR) is 207 cm³/mol. The van der Waals surface area contributed by atoms with Gasteiger partial charge in [0.2, 0.25) is 0 Å². The fraction of sp³-hybridized carbons (Fsp3) is 0.263. The SMILES string of the molecule is CCNC(=O)Nc1cccc(-c2cnc3cc(B4OC(C)(C)C(C)(C)O4)ccn23)c1.CCNC(=O)Nc1cccc(-c2cnc3cc(Cl)ccn23)c1. The van der Waals surface area contributed by atoms with E-state index in [9.17, 15) is 9.59 Å². The molecule has 0 aliphatic carbocycles. The number of amides is 4. The van der Waals surface area contributed by atoms with Crippen molar-refractivity contribution in [1.29, 1.82) is 0 Å². The molecule has 14 heteroatoms. The Bertz CT molecular complexity index is 2220. The van der Waals surface area contributed by atoms with E-state index in [1.165, 1.54) is 0 Å². The Morgan fingerprint density at radius 2 is 1.19 bits per heavy atom. The van der Waals surface area contributed by atoms with Crippen molar-refractivity contribution in [3.63, 3.8) is 0 Å². The highest BCUT2D eigenvalue weighted by molar-refractivity contribution is 6.62. The van der Waals surface area contributed by atoms with E-state index in [4.69, 9.17) is 20.9 Å². The summed E-state index contributed by atoms with van der Waals surface area (Å²) < 4.78 is 16.3. The van der Waals surface area contributed by atoms with Gasteiger partial charge in [0.25, 0.3) is 0 Å². The van der Waals surface area contributed by atoms with Crippen LogP contribution in [0.4, 0.5) is 21.0 Å². The quantitative estimate of drug-likeness (QED) is 0.129. The molecule has 52 heavy (non-hydrogen) atoms. The van der Waals surface area contributed by atoms with Crippen molar-refractivity contribution in [2.75, 3.05) is 23.7 Å². The van der Waals surface area contributed by atoms with Gasteiger partial charge in [0.05, 0.1) is 35.0 Å². The zero-order chi connectivity index (χ0) is 37.0. The average molecular weight is 721 g/mol. The smallest absolute Gasteiger partial charge is 0.399 e. The molecule has 6 aromatic rings. The van der Waals surface area contributed by atoms with Gasteiger partial charge >= 0.3 is 19.2 Å². The van der Waals surface area contributed by atoms with Gasteiger partial charge in [0, 0.05) is 59.1 Å². The van der Waals surface area contributed by atoms with Crippen LogP contribution in [0.25, 0.3) is 33.8 Å². The first-order chi connectivity index (χ1) is 24.9. The van der Waals surface area contributed by atoms with E-state index in [1.54, 1.807) is 6.20 Å². The van der Waals surface area contributed by atoms with Crippen molar-refractivity contribution in [2.24, 2.45) is 0 Å². The molecule has 12 nitrogen and oxygen atoms in total. The number of pyridine rings is 2. The van der Waals surface area contributed by atoms with Crippen molar-refractivity contribution in [2.45, 2.75) is 52.7 Å². The van der Waals surface area contributed by atoms with Gasteiger partial charge in [0.15, 0.2) is 0 Å². The standard InChI is InChI=1S/C22H27BN4O3.C16H15ClN4O/c1-6-24-20(28)26-17-9-7-8-15(12-17)18-14-25-19-13-16(10-11-27(18)19)23-29-21(2,3)22(4,5)30-23;1-2-18-16(22)20-13-5-3-4-11(8-13)14-10-19-15-9-12(17)6-7-21(14)15/h7-14H,6H2,1-5H3,(H2,24,26,28);3-10H,2H2,1H3,(H2,18,20,22). The number of benzene rings is 2. The fourth-order valence-corrected chi connectivity index (χ4v) is 5.84. The molecule has 4 aromatic heterocycles. The van der Waals surface area contributed by atoms with Gasteiger partial charge in [-0.25, -0.2) is 19.6 Å². The molecule has 0 spiro atoms. The lowest BCUT2D eigenvalue weighted by atomic mass is 9.80. The topological polar surface area (TPSA) is 135 Å². The van der Waals surface area contributed by atoms with Crippen LogP contribution in [0.2, 0.25) is 5.02 Å². The summed E-state index contributed by atoms with van der Waals surface area (Å²) in [6, 6.07) is 22.5. The second kappa shape index (κ2) is 15.1. The maximum atomic E-state index is 11.8. The lowest BCUT2D eigenvalue weighted by Gasteiger charge is -2.32. The van der Waals surface area contributed by atoms with E-state index in [1.807, 2.05) is 142 Å². The third-order valence-corrected chi connectivity index (χ3v) is 9.28. The molecule has 268 valence electrons. The number of urea groups is 2. The molecule has 1 aliphatic heterocycles. The van der Waals surface area contributed by atoms with Gasteiger partial charge < -0.3 is 30.6 Å². The zero-order valence-electron chi connectivity index (χ0n) is 30.0. The number of imidazole rings is 2. The lowest BCUT2D eigenvalue weighted by Crippen LogP contribution is -2.41. The summed E-state index contributed by atoms with van der Waals surface area (Å²) in [5.41, 5.74) is 6.99. The van der Waals surface area contributed by atoms with E-state index in [0.29, 0.717) is 18.1 Å². The molecule has 7 rings (SSSR count). The molecule has 0 radical (unpaired) electrons. The number of aromatic nitrogens is 4. The minimum Gasteiger partial charge on any atom is -0.399 e. The van der Waals surface area contributed by atoms with Crippen LogP contribution < -0.4 is 26.7 Å². The molecule has 0 saturated carbocycles. The summed E-state index contributed by atoms with van der Waals surface area (Å²) >= 11 is 5.98. The van der Waals surface area contributed by atoms with Crippen LogP contribution in [-0.4, -0.2) is 62.2 Å². The number of hydrogen-bond acceptors (Lipinski definition) is 6. The molecule has 5 heterocycles. The molecule has 0 unspecified atom stereocenters. The fourth-order valence-electron chi connectivity index (χ4n) is 5.69. The lowest BCUT2D eigenvalue weighted by molar-refractivity contribution is 0.00578. The van der Waals surface area contributed by atoms with Gasteiger partial charge in [0.1, 0.15) is 11.3 Å². The molecule has 1 saturated heterocycles. The first-order valence-corrected chi connectivity index (χ1v) is 17.5. The predicted octanol–water partition coefficient (Wildman–Crippen LogP) is 7.24. The molecule has 2 aromatic carbocycles. The Morgan fingerprint density at radius 3 is 1.69 bits per heavy atom. The van der Waals surface area contributed by atoms with E-state index in [2.05, 4.69) is 31.2 Å². The minimum atomic E-state index is -0.426. The van der Waals surface area contributed by atoms with Crippen LogP contribution in [0.5, 0.6) is 0 Å². The summed E-state index contributed by atoms with van der Waals surface area (Å²) in [5, 5.41) is 11.7. The van der Waals surface area contributed by atoms with Crippen LogP contribution in [0, 0.1) is 0 Å². The second-order valence-electron chi connectivity index (χ2n) is 13.3. The van der Waals surface area contributed by atoms with E-state index >= 15 is 0 Å². The van der Waals surface area contributed by atoms with Crippen molar-refractivity contribution >= 4 is 58.9 Å². The Labute approximate surface area is 308 Å². The number of carbonyl (C=O) groups excluding carboxylic acids is 2. The van der Waals surface area contributed by atoms with Crippen molar-refractivity contribution in [1.82, 2.24) is 29.4 Å². The summed E-state index contributed by atoms with van der Waals surface area (Å²) in [5.74, 6) is 0. The zero-order valence-corrected chi connectivity index (χ0v) is 30.8. The first-order valence-electron chi connectivity index (χ1n) is 17.1. The Hall–Kier alpha value is -5.37. The Kier molecular flexibility index (Phi) is 10.6. The van der Waals surface area contributed by atoms with Crippen LogP contribution in [0.3, 0.4) is 0 Å². The largest absolute Gasteiger partial charge is 0.495 e. The number of rotatable bonds is 7. The van der Waals surface area contributed by atoms with Crippen LogP contribution >= 0.6 is 11.6 Å². The Balaban J connectivity index is 0.000000187. The van der Waals surface area contributed by atoms with Crippen molar-refractivity contribution < 1.29 is 18.9 Å². The summed E-state index contributed by atoms with van der Waals surface area (Å²) in [6.45, 7) is 13.1. The highest BCUT2D eigenvalue weighted by atomic mass is 35.5. The highest BCUT2D eigenvalue weighted by Gasteiger charge is 2.51. The van der Waals surface area contributed by atoms with Crippen LogP contribution in [-0.2, 0) is 9.31 Å². The minimum absolute atomic E-state index is 0.218. The average Bonchev–Trinajstić information content (AvgIpc) is 3.78.